The summed E-state index contributed by atoms with van der Waals surface area (Å²) in [6, 6.07) is 24.0. The number of para-hydroxylation sites is 2. The van der Waals surface area contributed by atoms with Gasteiger partial charge in [-0.25, -0.2) is 0 Å². The molecule has 0 aliphatic heterocycles. The number of anilines is 1. The Morgan fingerprint density at radius 3 is 2.55 bits per heavy atom. The molecule has 0 saturated carbocycles. The summed E-state index contributed by atoms with van der Waals surface area (Å²) in [5.41, 5.74) is 3.12. The van der Waals surface area contributed by atoms with Crippen LogP contribution in [0, 0.1) is 6.92 Å². The SMILES string of the molecule is Cc1c(-c2ccccc2)oc2c(C(=O)Nc3cnc4ccccc4c3)cccc2c1=O. The number of pyridine rings is 1. The summed E-state index contributed by atoms with van der Waals surface area (Å²) in [6.07, 6.45) is 1.61. The Balaban J connectivity index is 1.61. The highest BCUT2D eigenvalue weighted by Gasteiger charge is 2.18. The van der Waals surface area contributed by atoms with Crippen LogP contribution in [0.1, 0.15) is 15.9 Å². The fraction of sp³-hybridized carbons (Fsp3) is 0.0385. The lowest BCUT2D eigenvalue weighted by molar-refractivity contribution is 0.102. The average molecular weight is 406 g/mol. The van der Waals surface area contributed by atoms with Crippen LogP contribution >= 0.6 is 0 Å². The van der Waals surface area contributed by atoms with E-state index in [1.54, 1.807) is 31.3 Å². The summed E-state index contributed by atoms with van der Waals surface area (Å²) in [5, 5.41) is 4.17. The molecule has 1 amide bonds. The number of fused-ring (bicyclic) bond motifs is 2. The van der Waals surface area contributed by atoms with Crippen molar-refractivity contribution in [3.8, 4) is 11.3 Å². The zero-order valence-corrected chi connectivity index (χ0v) is 16.8. The maximum Gasteiger partial charge on any atom is 0.259 e. The number of aromatic nitrogens is 1. The minimum absolute atomic E-state index is 0.151. The molecule has 5 aromatic rings. The first-order chi connectivity index (χ1) is 15.1. The number of rotatable bonds is 3. The molecule has 0 fully saturated rings. The van der Waals surface area contributed by atoms with Gasteiger partial charge in [0.05, 0.1) is 28.4 Å². The van der Waals surface area contributed by atoms with Crippen LogP contribution in [0.3, 0.4) is 0 Å². The molecule has 0 aliphatic carbocycles. The quantitative estimate of drug-likeness (QED) is 0.425. The van der Waals surface area contributed by atoms with Crippen LogP contribution in [-0.2, 0) is 0 Å². The van der Waals surface area contributed by atoms with Crippen molar-refractivity contribution < 1.29 is 9.21 Å². The molecule has 150 valence electrons. The Labute approximate surface area is 178 Å². The molecule has 0 atom stereocenters. The second-order valence-electron chi connectivity index (χ2n) is 7.30. The summed E-state index contributed by atoms with van der Waals surface area (Å²) < 4.78 is 6.14. The number of nitrogens with zero attached hydrogens (tertiary/aromatic N) is 1. The maximum absolute atomic E-state index is 13.1. The summed E-state index contributed by atoms with van der Waals surface area (Å²) >= 11 is 0. The van der Waals surface area contributed by atoms with Gasteiger partial charge in [-0.3, -0.25) is 14.6 Å². The topological polar surface area (TPSA) is 72.2 Å². The van der Waals surface area contributed by atoms with E-state index in [1.807, 2.05) is 60.7 Å². The molecule has 3 aromatic carbocycles. The van der Waals surface area contributed by atoms with E-state index in [2.05, 4.69) is 10.3 Å². The highest BCUT2D eigenvalue weighted by molar-refractivity contribution is 6.11. The highest BCUT2D eigenvalue weighted by Crippen LogP contribution is 2.28. The maximum atomic E-state index is 13.1. The molecule has 0 bridgehead atoms. The van der Waals surface area contributed by atoms with E-state index in [-0.39, 0.29) is 16.9 Å². The highest BCUT2D eigenvalue weighted by atomic mass is 16.3. The summed E-state index contributed by atoms with van der Waals surface area (Å²) in [6.45, 7) is 1.74. The molecule has 5 nitrogen and oxygen atoms in total. The predicted molar refractivity (Wildman–Crippen MR) is 122 cm³/mol. The van der Waals surface area contributed by atoms with Gasteiger partial charge in [-0.1, -0.05) is 54.6 Å². The standard InChI is InChI=1S/C26H18N2O3/c1-16-23(29)20-11-7-12-21(25(20)31-24(16)17-8-3-2-4-9-17)26(30)28-19-14-18-10-5-6-13-22(18)27-15-19/h2-15H,1H3,(H,28,30). The van der Waals surface area contributed by atoms with Gasteiger partial charge in [-0.2, -0.15) is 0 Å². The number of amides is 1. The van der Waals surface area contributed by atoms with E-state index in [9.17, 15) is 9.59 Å². The van der Waals surface area contributed by atoms with Gasteiger partial charge < -0.3 is 9.73 Å². The number of hydrogen-bond donors (Lipinski definition) is 1. The zero-order chi connectivity index (χ0) is 21.4. The number of hydrogen-bond acceptors (Lipinski definition) is 4. The van der Waals surface area contributed by atoms with Crippen molar-refractivity contribution in [3.63, 3.8) is 0 Å². The van der Waals surface area contributed by atoms with Crippen molar-refractivity contribution in [3.05, 3.63) is 106 Å². The Kier molecular flexibility index (Phi) is 4.56. The Bertz CT molecular complexity index is 1500. The Morgan fingerprint density at radius 1 is 0.935 bits per heavy atom. The second-order valence-corrected chi connectivity index (χ2v) is 7.30. The van der Waals surface area contributed by atoms with Crippen LogP contribution in [0.15, 0.2) is 94.3 Å². The number of benzene rings is 3. The van der Waals surface area contributed by atoms with Gasteiger partial charge in [0.15, 0.2) is 11.0 Å². The van der Waals surface area contributed by atoms with Crippen molar-refractivity contribution in [2.24, 2.45) is 0 Å². The van der Waals surface area contributed by atoms with Crippen LogP contribution in [0.2, 0.25) is 0 Å². The normalized spacial score (nSPS) is 11.0. The number of nitrogens with one attached hydrogen (secondary N) is 1. The lowest BCUT2D eigenvalue weighted by Crippen LogP contribution is -2.15. The summed E-state index contributed by atoms with van der Waals surface area (Å²) in [4.78, 5) is 30.5. The summed E-state index contributed by atoms with van der Waals surface area (Å²) in [5.74, 6) is 0.0967. The molecule has 2 heterocycles. The molecule has 1 N–H and O–H groups in total. The molecular formula is C26H18N2O3. The van der Waals surface area contributed by atoms with Gasteiger partial charge in [0, 0.05) is 16.5 Å². The van der Waals surface area contributed by atoms with Crippen LogP contribution in [0.5, 0.6) is 0 Å². The first kappa shape index (κ1) is 18.8. The fourth-order valence-electron chi connectivity index (χ4n) is 3.69. The lowest BCUT2D eigenvalue weighted by atomic mass is 10.0. The third-order valence-electron chi connectivity index (χ3n) is 5.27. The van der Waals surface area contributed by atoms with Crippen LogP contribution in [0.25, 0.3) is 33.2 Å². The Hall–Kier alpha value is -4.25. The van der Waals surface area contributed by atoms with Gasteiger partial charge in [0.1, 0.15) is 5.76 Å². The van der Waals surface area contributed by atoms with Gasteiger partial charge in [0.25, 0.3) is 5.91 Å². The minimum Gasteiger partial charge on any atom is -0.455 e. The van der Waals surface area contributed by atoms with E-state index in [0.717, 1.165) is 16.5 Å². The second kappa shape index (κ2) is 7.54. The molecule has 5 rings (SSSR count). The van der Waals surface area contributed by atoms with Crippen molar-refractivity contribution in [2.75, 3.05) is 5.32 Å². The molecule has 2 aromatic heterocycles. The summed E-state index contributed by atoms with van der Waals surface area (Å²) in [7, 11) is 0. The molecule has 31 heavy (non-hydrogen) atoms. The van der Waals surface area contributed by atoms with Gasteiger partial charge in [-0.05, 0) is 31.2 Å². The van der Waals surface area contributed by atoms with E-state index in [4.69, 9.17) is 4.42 Å². The zero-order valence-electron chi connectivity index (χ0n) is 16.8. The van der Waals surface area contributed by atoms with Gasteiger partial charge in [-0.15, -0.1) is 0 Å². The third kappa shape index (κ3) is 3.36. The van der Waals surface area contributed by atoms with Gasteiger partial charge in [0.2, 0.25) is 0 Å². The molecule has 0 aliphatic rings. The Morgan fingerprint density at radius 2 is 1.71 bits per heavy atom. The molecule has 0 spiro atoms. The van der Waals surface area contributed by atoms with Crippen molar-refractivity contribution >= 4 is 33.5 Å². The van der Waals surface area contributed by atoms with Crippen molar-refractivity contribution in [1.82, 2.24) is 4.98 Å². The third-order valence-corrected chi connectivity index (χ3v) is 5.27. The molecule has 0 radical (unpaired) electrons. The average Bonchev–Trinajstić information content (AvgIpc) is 2.81. The minimum atomic E-state index is -0.367. The van der Waals surface area contributed by atoms with Crippen molar-refractivity contribution in [1.29, 1.82) is 0 Å². The number of carbonyl (C=O) groups is 1. The number of carbonyl (C=O) groups excluding carboxylic acids is 1. The van der Waals surface area contributed by atoms with E-state index >= 15 is 0 Å². The smallest absolute Gasteiger partial charge is 0.259 e. The first-order valence-electron chi connectivity index (χ1n) is 9.90. The molecule has 0 unspecified atom stereocenters. The van der Waals surface area contributed by atoms with Gasteiger partial charge >= 0.3 is 0 Å². The first-order valence-corrected chi connectivity index (χ1v) is 9.90. The monoisotopic (exact) mass is 406 g/mol. The lowest BCUT2D eigenvalue weighted by Gasteiger charge is -2.11. The van der Waals surface area contributed by atoms with E-state index in [0.29, 0.717) is 28.0 Å². The van der Waals surface area contributed by atoms with Crippen LogP contribution in [0.4, 0.5) is 5.69 Å². The largest absolute Gasteiger partial charge is 0.455 e. The van der Waals surface area contributed by atoms with E-state index < -0.39 is 0 Å². The van der Waals surface area contributed by atoms with Crippen LogP contribution < -0.4 is 10.7 Å². The molecule has 5 heteroatoms. The fourth-order valence-corrected chi connectivity index (χ4v) is 3.69. The predicted octanol–water partition coefficient (Wildman–Crippen LogP) is 5.57. The van der Waals surface area contributed by atoms with Crippen molar-refractivity contribution in [2.45, 2.75) is 6.92 Å². The molecular weight excluding hydrogens is 388 g/mol. The molecule has 0 saturated heterocycles. The van der Waals surface area contributed by atoms with E-state index in [1.165, 1.54) is 0 Å². The van der Waals surface area contributed by atoms with Crippen LogP contribution in [-0.4, -0.2) is 10.9 Å².